The van der Waals surface area contributed by atoms with E-state index in [1.165, 1.54) is 0 Å². The quantitative estimate of drug-likeness (QED) is 0.864. The molecule has 1 aromatic heterocycles. The van der Waals surface area contributed by atoms with Gasteiger partial charge in [0.25, 0.3) is 0 Å². The number of nitrogens with one attached hydrogen (secondary N) is 1. The molecule has 5 heteroatoms. The van der Waals surface area contributed by atoms with Crippen LogP contribution in [0.15, 0.2) is 57.3 Å². The molecule has 1 N–H and O–H groups in total. The van der Waals surface area contributed by atoms with Gasteiger partial charge in [-0.1, -0.05) is 27.7 Å². The minimum Gasteiger partial charge on any atom is -0.363 e. The molecule has 0 bridgehead atoms. The molecular weight excluding hydrogens is 328 g/mol. The lowest BCUT2D eigenvalue weighted by Gasteiger charge is -2.09. The summed E-state index contributed by atoms with van der Waals surface area (Å²) in [7, 11) is 0. The van der Waals surface area contributed by atoms with E-state index in [0.29, 0.717) is 6.54 Å². The third-order valence-corrected chi connectivity index (χ3v) is 3.46. The van der Waals surface area contributed by atoms with E-state index in [0.717, 1.165) is 32.7 Å². The molecule has 0 amide bonds. The molecule has 0 aliphatic carbocycles. The first-order valence-electron chi connectivity index (χ1n) is 6.55. The van der Waals surface area contributed by atoms with Crippen LogP contribution in [-0.4, -0.2) is 22.7 Å². The third-order valence-electron chi connectivity index (χ3n) is 2.97. The normalized spacial score (nSPS) is 13.3. The van der Waals surface area contributed by atoms with Crippen LogP contribution >= 0.6 is 15.9 Å². The molecule has 21 heavy (non-hydrogen) atoms. The Kier molecular flexibility index (Phi) is 3.95. The van der Waals surface area contributed by atoms with Crippen molar-refractivity contribution in [2.24, 2.45) is 4.99 Å². The van der Waals surface area contributed by atoms with Crippen LogP contribution in [0.3, 0.4) is 0 Å². The van der Waals surface area contributed by atoms with Crippen LogP contribution in [0.4, 0.5) is 5.82 Å². The van der Waals surface area contributed by atoms with Crippen molar-refractivity contribution in [2.45, 2.75) is 6.92 Å². The maximum atomic E-state index is 4.48. The van der Waals surface area contributed by atoms with Gasteiger partial charge in [-0.15, -0.1) is 0 Å². The fraction of sp³-hybridized carbons (Fsp3) is 0.125. The second kappa shape index (κ2) is 6.04. The number of hydrogen-bond donors (Lipinski definition) is 1. The van der Waals surface area contributed by atoms with Gasteiger partial charge in [0.15, 0.2) is 0 Å². The topological polar surface area (TPSA) is 50.2 Å². The van der Waals surface area contributed by atoms with Crippen molar-refractivity contribution in [1.29, 1.82) is 0 Å². The zero-order chi connectivity index (χ0) is 14.7. The van der Waals surface area contributed by atoms with Gasteiger partial charge in [0.2, 0.25) is 0 Å². The maximum Gasteiger partial charge on any atom is 0.137 e. The van der Waals surface area contributed by atoms with Crippen LogP contribution in [0.1, 0.15) is 5.82 Å². The summed E-state index contributed by atoms with van der Waals surface area (Å²) in [6.45, 7) is 2.45. The summed E-state index contributed by atoms with van der Waals surface area (Å²) in [6.07, 6.45) is 7.39. The first-order chi connectivity index (χ1) is 10.2. The SMILES string of the molecule is Cc1nc(NCC2=C=CC=CC=N2)c2ccc(Br)cc2n1. The summed E-state index contributed by atoms with van der Waals surface area (Å²) >= 11 is 3.47. The molecule has 2 aromatic rings. The van der Waals surface area contributed by atoms with E-state index in [2.05, 4.69) is 41.9 Å². The monoisotopic (exact) mass is 340 g/mol. The summed E-state index contributed by atoms with van der Waals surface area (Å²) in [5.41, 5.74) is 4.86. The Bertz CT molecular complexity index is 809. The van der Waals surface area contributed by atoms with Crippen molar-refractivity contribution in [3.05, 3.63) is 58.2 Å². The molecule has 3 rings (SSSR count). The number of benzene rings is 1. The predicted octanol–water partition coefficient (Wildman–Crippen LogP) is 3.79. The highest BCUT2D eigenvalue weighted by atomic mass is 79.9. The van der Waals surface area contributed by atoms with E-state index in [9.17, 15) is 0 Å². The molecule has 1 aliphatic rings. The van der Waals surface area contributed by atoms with E-state index < -0.39 is 0 Å². The highest BCUT2D eigenvalue weighted by Gasteiger charge is 2.06. The van der Waals surface area contributed by atoms with Crippen molar-refractivity contribution in [3.8, 4) is 0 Å². The number of fused-ring (bicyclic) bond motifs is 1. The largest absolute Gasteiger partial charge is 0.363 e. The minimum atomic E-state index is 0.566. The van der Waals surface area contributed by atoms with E-state index >= 15 is 0 Å². The number of nitrogens with zero attached hydrogens (tertiary/aromatic N) is 3. The number of hydrogen-bond acceptors (Lipinski definition) is 4. The molecule has 4 nitrogen and oxygen atoms in total. The number of aryl methyl sites for hydroxylation is 1. The van der Waals surface area contributed by atoms with E-state index in [1.807, 2.05) is 43.4 Å². The summed E-state index contributed by atoms with van der Waals surface area (Å²) < 4.78 is 1.00. The van der Waals surface area contributed by atoms with Crippen LogP contribution in [-0.2, 0) is 0 Å². The van der Waals surface area contributed by atoms with Crippen molar-refractivity contribution in [2.75, 3.05) is 11.9 Å². The lowest BCUT2D eigenvalue weighted by atomic mass is 10.2. The fourth-order valence-electron chi connectivity index (χ4n) is 2.04. The van der Waals surface area contributed by atoms with Gasteiger partial charge in [0, 0.05) is 16.1 Å². The van der Waals surface area contributed by atoms with Gasteiger partial charge in [-0.3, -0.25) is 4.99 Å². The Balaban J connectivity index is 1.92. The van der Waals surface area contributed by atoms with Gasteiger partial charge < -0.3 is 5.32 Å². The van der Waals surface area contributed by atoms with Crippen LogP contribution in [0.5, 0.6) is 0 Å². The minimum absolute atomic E-state index is 0.566. The Labute approximate surface area is 131 Å². The fourth-order valence-corrected chi connectivity index (χ4v) is 2.39. The molecule has 0 saturated carbocycles. The van der Waals surface area contributed by atoms with Crippen molar-refractivity contribution in [1.82, 2.24) is 9.97 Å². The molecule has 0 fully saturated rings. The van der Waals surface area contributed by atoms with Gasteiger partial charge in [0.05, 0.1) is 12.1 Å². The number of aliphatic imine (C=N–C) groups is 1. The summed E-state index contributed by atoms with van der Waals surface area (Å²) in [5.74, 6) is 1.55. The van der Waals surface area contributed by atoms with Crippen LogP contribution in [0.25, 0.3) is 10.9 Å². The van der Waals surface area contributed by atoms with Crippen molar-refractivity contribution < 1.29 is 0 Å². The number of aromatic nitrogens is 2. The first-order valence-corrected chi connectivity index (χ1v) is 7.34. The van der Waals surface area contributed by atoms with Crippen molar-refractivity contribution >= 4 is 38.9 Å². The number of anilines is 1. The average molecular weight is 341 g/mol. The smallest absolute Gasteiger partial charge is 0.137 e. The second-order valence-electron chi connectivity index (χ2n) is 4.56. The Morgan fingerprint density at radius 3 is 3.05 bits per heavy atom. The van der Waals surface area contributed by atoms with Gasteiger partial charge in [-0.25, -0.2) is 9.97 Å². The van der Waals surface area contributed by atoms with Crippen LogP contribution < -0.4 is 5.32 Å². The maximum absolute atomic E-state index is 4.48. The second-order valence-corrected chi connectivity index (χ2v) is 5.47. The Morgan fingerprint density at radius 1 is 1.24 bits per heavy atom. The molecule has 0 spiro atoms. The summed E-state index contributed by atoms with van der Waals surface area (Å²) in [5, 5.41) is 4.31. The highest BCUT2D eigenvalue weighted by Crippen LogP contribution is 2.24. The van der Waals surface area contributed by atoms with Crippen LogP contribution in [0.2, 0.25) is 0 Å². The number of halogens is 1. The standard InChI is InChI=1S/C16H13BrN4/c1-11-20-15-9-12(17)6-7-14(15)16(21-11)19-10-13-5-3-2-4-8-18-13/h2-4,6-9H,10H2,1H3,(H,19,20,21). The zero-order valence-electron chi connectivity index (χ0n) is 11.5. The molecule has 0 unspecified atom stereocenters. The number of allylic oxidation sites excluding steroid dienone is 2. The molecule has 104 valence electrons. The third kappa shape index (κ3) is 3.27. The molecule has 1 aromatic carbocycles. The molecule has 0 radical (unpaired) electrons. The molecular formula is C16H13BrN4. The number of rotatable bonds is 3. The highest BCUT2D eigenvalue weighted by molar-refractivity contribution is 9.10. The molecule has 0 atom stereocenters. The molecule has 1 aliphatic heterocycles. The first kappa shape index (κ1) is 13.7. The van der Waals surface area contributed by atoms with Gasteiger partial charge in [-0.2, -0.15) is 0 Å². The van der Waals surface area contributed by atoms with E-state index in [4.69, 9.17) is 0 Å². The van der Waals surface area contributed by atoms with E-state index in [1.54, 1.807) is 6.21 Å². The van der Waals surface area contributed by atoms with Gasteiger partial charge >= 0.3 is 0 Å². The molecule has 0 saturated heterocycles. The lowest BCUT2D eigenvalue weighted by Crippen LogP contribution is -2.07. The van der Waals surface area contributed by atoms with Crippen LogP contribution in [0, 0.1) is 6.92 Å². The molecule has 2 heterocycles. The van der Waals surface area contributed by atoms with Gasteiger partial charge in [0.1, 0.15) is 17.3 Å². The van der Waals surface area contributed by atoms with Crippen molar-refractivity contribution in [3.63, 3.8) is 0 Å². The van der Waals surface area contributed by atoms with E-state index in [-0.39, 0.29) is 0 Å². The predicted molar refractivity (Wildman–Crippen MR) is 89.7 cm³/mol. The zero-order valence-corrected chi connectivity index (χ0v) is 13.1. The Morgan fingerprint density at radius 2 is 2.14 bits per heavy atom. The summed E-state index contributed by atoms with van der Waals surface area (Å²) in [6, 6.07) is 5.98. The Hall–Kier alpha value is -2.23. The lowest BCUT2D eigenvalue weighted by molar-refractivity contribution is 1.07. The summed E-state index contributed by atoms with van der Waals surface area (Å²) in [4.78, 5) is 13.2. The average Bonchev–Trinajstić information content (AvgIpc) is 2.72. The van der Waals surface area contributed by atoms with Gasteiger partial charge in [-0.05, 0) is 37.3 Å².